The van der Waals surface area contributed by atoms with E-state index in [1.807, 2.05) is 13.8 Å². The Hall–Kier alpha value is -1.35. The second-order valence-corrected chi connectivity index (χ2v) is 6.29. The summed E-state index contributed by atoms with van der Waals surface area (Å²) in [5.74, 6) is -0.0520. The number of nitrogens with one attached hydrogen (secondary N) is 1. The number of hydrogen-bond donors (Lipinski definition) is 2. The summed E-state index contributed by atoms with van der Waals surface area (Å²) in [6, 6.07) is 11.1. The molecule has 3 heteroatoms. The number of carbonyl (C=O) groups is 1. The number of aliphatic carboxylic acids is 1. The lowest BCUT2D eigenvalue weighted by molar-refractivity contribution is -0.149. The van der Waals surface area contributed by atoms with E-state index >= 15 is 0 Å². The Morgan fingerprint density at radius 3 is 2.48 bits per heavy atom. The van der Waals surface area contributed by atoms with Gasteiger partial charge >= 0.3 is 5.97 Å². The van der Waals surface area contributed by atoms with Crippen LogP contribution in [0, 0.1) is 5.41 Å². The summed E-state index contributed by atoms with van der Waals surface area (Å²) in [7, 11) is 0. The predicted molar refractivity (Wildman–Crippen MR) is 85.5 cm³/mol. The maximum atomic E-state index is 11.5. The third kappa shape index (κ3) is 3.65. The zero-order chi connectivity index (χ0) is 15.3. The fraction of sp³-hybridized carbons (Fsp3) is 0.611. The summed E-state index contributed by atoms with van der Waals surface area (Å²) in [6.45, 7) is 4.53. The van der Waals surface area contributed by atoms with Crippen LogP contribution in [0.15, 0.2) is 30.3 Å². The van der Waals surface area contributed by atoms with Crippen molar-refractivity contribution < 1.29 is 9.90 Å². The second-order valence-electron chi connectivity index (χ2n) is 6.29. The molecule has 1 aliphatic carbocycles. The first-order valence-electron chi connectivity index (χ1n) is 8.13. The van der Waals surface area contributed by atoms with Crippen molar-refractivity contribution in [1.82, 2.24) is 5.32 Å². The SMILES string of the molecule is CCC(CC)(CNC1CCC(c2ccccc2)C1)C(=O)O. The van der Waals surface area contributed by atoms with Gasteiger partial charge in [0.05, 0.1) is 5.41 Å². The van der Waals surface area contributed by atoms with Crippen molar-refractivity contribution in [3.05, 3.63) is 35.9 Å². The lowest BCUT2D eigenvalue weighted by Crippen LogP contribution is -2.43. The summed E-state index contributed by atoms with van der Waals surface area (Å²) >= 11 is 0. The van der Waals surface area contributed by atoms with Gasteiger partial charge in [-0.1, -0.05) is 44.2 Å². The van der Waals surface area contributed by atoms with Gasteiger partial charge in [-0.25, -0.2) is 0 Å². The van der Waals surface area contributed by atoms with Gasteiger partial charge in [-0.05, 0) is 43.6 Å². The first-order valence-corrected chi connectivity index (χ1v) is 8.13. The van der Waals surface area contributed by atoms with Crippen LogP contribution in [0.3, 0.4) is 0 Å². The maximum Gasteiger partial charge on any atom is 0.310 e. The van der Waals surface area contributed by atoms with Crippen molar-refractivity contribution in [1.29, 1.82) is 0 Å². The molecule has 0 amide bonds. The van der Waals surface area contributed by atoms with E-state index in [0.29, 0.717) is 31.3 Å². The van der Waals surface area contributed by atoms with Gasteiger partial charge < -0.3 is 10.4 Å². The molecule has 0 spiro atoms. The maximum absolute atomic E-state index is 11.5. The molecule has 3 nitrogen and oxygen atoms in total. The smallest absolute Gasteiger partial charge is 0.310 e. The second kappa shape index (κ2) is 7.08. The molecule has 2 N–H and O–H groups in total. The first kappa shape index (κ1) is 16.0. The molecule has 21 heavy (non-hydrogen) atoms. The third-order valence-electron chi connectivity index (χ3n) is 5.24. The zero-order valence-electron chi connectivity index (χ0n) is 13.1. The molecule has 1 aromatic carbocycles. The molecule has 2 unspecified atom stereocenters. The van der Waals surface area contributed by atoms with Crippen LogP contribution in [-0.4, -0.2) is 23.7 Å². The highest BCUT2D eigenvalue weighted by molar-refractivity contribution is 5.74. The topological polar surface area (TPSA) is 49.3 Å². The van der Waals surface area contributed by atoms with Crippen LogP contribution in [0.2, 0.25) is 0 Å². The highest BCUT2D eigenvalue weighted by Gasteiger charge is 2.36. The number of benzene rings is 1. The van der Waals surface area contributed by atoms with E-state index in [0.717, 1.165) is 12.8 Å². The molecule has 0 bridgehead atoms. The molecular weight excluding hydrogens is 262 g/mol. The van der Waals surface area contributed by atoms with Crippen molar-refractivity contribution in [3.8, 4) is 0 Å². The normalized spacial score (nSPS) is 22.4. The quantitative estimate of drug-likeness (QED) is 0.802. The van der Waals surface area contributed by atoms with E-state index in [1.165, 1.54) is 12.0 Å². The van der Waals surface area contributed by atoms with E-state index in [1.54, 1.807) is 0 Å². The highest BCUT2D eigenvalue weighted by Crippen LogP contribution is 2.35. The van der Waals surface area contributed by atoms with E-state index in [4.69, 9.17) is 0 Å². The Balaban J connectivity index is 1.90. The minimum Gasteiger partial charge on any atom is -0.481 e. The Kier molecular flexibility index (Phi) is 5.40. The fourth-order valence-electron chi connectivity index (χ4n) is 3.41. The lowest BCUT2D eigenvalue weighted by Gasteiger charge is -2.28. The van der Waals surface area contributed by atoms with Gasteiger partial charge in [0.2, 0.25) is 0 Å². The van der Waals surface area contributed by atoms with Crippen LogP contribution in [-0.2, 0) is 4.79 Å². The number of rotatable bonds is 7. The summed E-state index contributed by atoms with van der Waals surface area (Å²) in [5, 5.41) is 13.0. The molecule has 116 valence electrons. The van der Waals surface area contributed by atoms with Crippen LogP contribution in [0.4, 0.5) is 0 Å². The minimum absolute atomic E-state index is 0.451. The first-order chi connectivity index (χ1) is 10.1. The molecule has 0 radical (unpaired) electrons. The summed E-state index contributed by atoms with van der Waals surface area (Å²) in [5.41, 5.74) is 0.808. The Morgan fingerprint density at radius 2 is 1.90 bits per heavy atom. The van der Waals surface area contributed by atoms with Crippen molar-refractivity contribution in [2.45, 2.75) is 57.9 Å². The van der Waals surface area contributed by atoms with Crippen molar-refractivity contribution in [3.63, 3.8) is 0 Å². The van der Waals surface area contributed by atoms with Crippen LogP contribution in [0.1, 0.15) is 57.4 Å². The van der Waals surface area contributed by atoms with Gasteiger partial charge in [-0.3, -0.25) is 4.79 Å². The molecule has 0 heterocycles. The average molecular weight is 289 g/mol. The molecule has 0 aliphatic heterocycles. The van der Waals surface area contributed by atoms with Crippen LogP contribution < -0.4 is 5.32 Å². The number of hydrogen-bond acceptors (Lipinski definition) is 2. The Morgan fingerprint density at radius 1 is 1.24 bits per heavy atom. The van der Waals surface area contributed by atoms with E-state index < -0.39 is 11.4 Å². The van der Waals surface area contributed by atoms with Gasteiger partial charge in [0.15, 0.2) is 0 Å². The highest BCUT2D eigenvalue weighted by atomic mass is 16.4. The monoisotopic (exact) mass is 289 g/mol. The van der Waals surface area contributed by atoms with Gasteiger partial charge in [0.25, 0.3) is 0 Å². The predicted octanol–water partition coefficient (Wildman–Crippen LogP) is 3.80. The molecule has 2 atom stereocenters. The Labute approximate surface area is 127 Å². The largest absolute Gasteiger partial charge is 0.481 e. The molecule has 2 rings (SSSR count). The van der Waals surface area contributed by atoms with Gasteiger partial charge in [0.1, 0.15) is 0 Å². The average Bonchev–Trinajstić information content (AvgIpc) is 2.98. The molecule has 1 aromatic rings. The third-order valence-corrected chi connectivity index (χ3v) is 5.24. The van der Waals surface area contributed by atoms with E-state index in [2.05, 4.69) is 35.6 Å². The van der Waals surface area contributed by atoms with Crippen LogP contribution >= 0.6 is 0 Å². The zero-order valence-corrected chi connectivity index (χ0v) is 13.1. The van der Waals surface area contributed by atoms with Gasteiger partial charge in [-0.2, -0.15) is 0 Å². The summed E-state index contributed by atoms with van der Waals surface area (Å²) in [6.07, 6.45) is 4.82. The van der Waals surface area contributed by atoms with Crippen LogP contribution in [0.25, 0.3) is 0 Å². The lowest BCUT2D eigenvalue weighted by atomic mass is 9.82. The standard InChI is InChI=1S/C18H27NO2/c1-3-18(4-2,17(20)21)13-19-16-11-10-15(12-16)14-8-6-5-7-9-14/h5-9,15-16,19H,3-4,10-13H2,1-2H3,(H,20,21). The fourth-order valence-corrected chi connectivity index (χ4v) is 3.41. The van der Waals surface area contributed by atoms with Gasteiger partial charge in [-0.15, -0.1) is 0 Å². The van der Waals surface area contributed by atoms with Crippen LogP contribution in [0.5, 0.6) is 0 Å². The van der Waals surface area contributed by atoms with E-state index in [-0.39, 0.29) is 0 Å². The molecule has 0 saturated heterocycles. The molecular formula is C18H27NO2. The van der Waals surface area contributed by atoms with Crippen molar-refractivity contribution in [2.24, 2.45) is 5.41 Å². The Bertz CT molecular complexity index is 454. The summed E-state index contributed by atoms with van der Waals surface area (Å²) in [4.78, 5) is 11.5. The van der Waals surface area contributed by atoms with Gasteiger partial charge in [0, 0.05) is 12.6 Å². The molecule has 0 aromatic heterocycles. The van der Waals surface area contributed by atoms with Crippen molar-refractivity contribution in [2.75, 3.05) is 6.54 Å². The minimum atomic E-state index is -0.669. The number of carboxylic acid groups (broad SMARTS) is 1. The van der Waals surface area contributed by atoms with Crippen molar-refractivity contribution >= 4 is 5.97 Å². The van der Waals surface area contributed by atoms with E-state index in [9.17, 15) is 9.90 Å². The molecule has 1 fully saturated rings. The molecule has 1 aliphatic rings. The molecule has 1 saturated carbocycles. The summed E-state index contributed by atoms with van der Waals surface area (Å²) < 4.78 is 0. The number of carboxylic acids is 1.